The molecule has 2 aromatic rings. The maximum Gasteiger partial charge on any atom is 0.142 e. The van der Waals surface area contributed by atoms with Crippen LogP contribution in [0.4, 0.5) is 0 Å². The fourth-order valence-corrected chi connectivity index (χ4v) is 2.23. The summed E-state index contributed by atoms with van der Waals surface area (Å²) in [5.74, 6) is 0.802. The second-order valence-electron chi connectivity index (χ2n) is 4.97. The van der Waals surface area contributed by atoms with E-state index in [0.29, 0.717) is 6.73 Å². The van der Waals surface area contributed by atoms with Crippen LogP contribution in [0.1, 0.15) is 18.4 Å². The fourth-order valence-electron chi connectivity index (χ4n) is 2.23. The lowest BCUT2D eigenvalue weighted by molar-refractivity contribution is 0.0713. The summed E-state index contributed by atoms with van der Waals surface area (Å²) in [4.78, 5) is 4.45. The Hall–Kier alpha value is -1.39. The van der Waals surface area contributed by atoms with Gasteiger partial charge in [-0.1, -0.05) is 0 Å². The number of ether oxygens (including phenoxy) is 1. The third kappa shape index (κ3) is 2.40. The van der Waals surface area contributed by atoms with Gasteiger partial charge in [-0.2, -0.15) is 0 Å². The molecule has 2 aromatic heterocycles. The summed E-state index contributed by atoms with van der Waals surface area (Å²) in [6, 6.07) is 4.10. The smallest absolute Gasteiger partial charge is 0.142 e. The Morgan fingerprint density at radius 3 is 3.17 bits per heavy atom. The van der Waals surface area contributed by atoms with Crippen LogP contribution in [0.3, 0.4) is 0 Å². The lowest BCUT2D eigenvalue weighted by Gasteiger charge is -2.05. The van der Waals surface area contributed by atoms with Crippen LogP contribution in [0.25, 0.3) is 11.0 Å². The number of hydrogen-bond acceptors (Lipinski definition) is 3. The molecule has 1 N–H and O–H groups in total. The zero-order valence-electron chi connectivity index (χ0n) is 10.7. The highest BCUT2D eigenvalue weighted by Crippen LogP contribution is 2.29. The van der Waals surface area contributed by atoms with E-state index in [1.54, 1.807) is 0 Å². The van der Waals surface area contributed by atoms with Crippen LogP contribution in [-0.2, 0) is 18.0 Å². The van der Waals surface area contributed by atoms with Crippen LogP contribution in [0.15, 0.2) is 24.5 Å². The molecule has 18 heavy (non-hydrogen) atoms. The van der Waals surface area contributed by atoms with E-state index >= 15 is 0 Å². The minimum Gasteiger partial charge on any atom is -0.360 e. The molecule has 0 unspecified atom stereocenters. The first-order chi connectivity index (χ1) is 8.88. The van der Waals surface area contributed by atoms with Crippen molar-refractivity contribution in [3.05, 3.63) is 30.1 Å². The molecule has 0 saturated heterocycles. The van der Waals surface area contributed by atoms with Gasteiger partial charge in [-0.3, -0.25) is 0 Å². The normalized spacial score (nSPS) is 15.4. The zero-order valence-corrected chi connectivity index (χ0v) is 10.7. The number of fused-ring (bicyclic) bond motifs is 1. The van der Waals surface area contributed by atoms with Crippen LogP contribution < -0.4 is 5.32 Å². The van der Waals surface area contributed by atoms with Gasteiger partial charge in [-0.25, -0.2) is 4.98 Å². The second kappa shape index (κ2) is 5.08. The van der Waals surface area contributed by atoms with E-state index in [4.69, 9.17) is 4.74 Å². The van der Waals surface area contributed by atoms with E-state index < -0.39 is 0 Å². The van der Waals surface area contributed by atoms with E-state index in [-0.39, 0.29) is 0 Å². The van der Waals surface area contributed by atoms with Crippen LogP contribution in [0, 0.1) is 5.92 Å². The van der Waals surface area contributed by atoms with Gasteiger partial charge in [-0.05, 0) is 43.5 Å². The topological polar surface area (TPSA) is 39.1 Å². The van der Waals surface area contributed by atoms with Crippen molar-refractivity contribution in [2.45, 2.75) is 26.1 Å². The minimum absolute atomic E-state index is 0.605. The van der Waals surface area contributed by atoms with Gasteiger partial charge in [0.25, 0.3) is 0 Å². The summed E-state index contributed by atoms with van der Waals surface area (Å²) in [5, 5.41) is 4.40. The molecule has 0 aliphatic heterocycles. The van der Waals surface area contributed by atoms with Gasteiger partial charge in [-0.15, -0.1) is 0 Å². The van der Waals surface area contributed by atoms with Gasteiger partial charge in [0.05, 0.1) is 6.61 Å². The standard InChI is InChI=1S/C14H19N3O/c1-15-7-12-8-17(10-18-9-11-4-5-11)14-13(12)3-2-6-16-14/h2-3,6,8,11,15H,4-5,7,9-10H2,1H3. The van der Waals surface area contributed by atoms with E-state index in [0.717, 1.165) is 24.7 Å². The SMILES string of the molecule is CNCc1cn(COCC2CC2)c2ncccc12. The Kier molecular flexibility index (Phi) is 3.30. The third-order valence-electron chi connectivity index (χ3n) is 3.36. The van der Waals surface area contributed by atoms with Crippen LogP contribution in [0.5, 0.6) is 0 Å². The highest BCUT2D eigenvalue weighted by Gasteiger charge is 2.21. The average Bonchev–Trinajstić information content (AvgIpc) is 3.15. The molecule has 3 rings (SSSR count). The van der Waals surface area contributed by atoms with Gasteiger partial charge in [0.15, 0.2) is 0 Å². The van der Waals surface area contributed by atoms with Crippen molar-refractivity contribution in [1.82, 2.24) is 14.9 Å². The molecule has 1 fully saturated rings. The van der Waals surface area contributed by atoms with Crippen LogP contribution >= 0.6 is 0 Å². The van der Waals surface area contributed by atoms with E-state index in [2.05, 4.69) is 27.1 Å². The first-order valence-corrected chi connectivity index (χ1v) is 6.53. The lowest BCUT2D eigenvalue weighted by Crippen LogP contribution is -2.05. The van der Waals surface area contributed by atoms with Gasteiger partial charge >= 0.3 is 0 Å². The first kappa shape index (κ1) is 11.7. The number of nitrogens with zero attached hydrogens (tertiary/aromatic N) is 2. The molecule has 0 atom stereocenters. The maximum atomic E-state index is 5.75. The molecule has 0 bridgehead atoms. The van der Waals surface area contributed by atoms with Gasteiger partial charge in [0.1, 0.15) is 12.4 Å². The van der Waals surface area contributed by atoms with Crippen molar-refractivity contribution in [2.75, 3.05) is 13.7 Å². The zero-order chi connectivity index (χ0) is 12.4. The van der Waals surface area contributed by atoms with E-state index in [1.165, 1.54) is 23.8 Å². The third-order valence-corrected chi connectivity index (χ3v) is 3.36. The van der Waals surface area contributed by atoms with E-state index in [9.17, 15) is 0 Å². The first-order valence-electron chi connectivity index (χ1n) is 6.53. The molecule has 4 heteroatoms. The Balaban J connectivity index is 1.80. The monoisotopic (exact) mass is 245 g/mol. The van der Waals surface area contributed by atoms with Crippen LogP contribution in [-0.4, -0.2) is 23.2 Å². The lowest BCUT2D eigenvalue weighted by atomic mass is 10.2. The molecular formula is C14H19N3O. The summed E-state index contributed by atoms with van der Waals surface area (Å²) in [6.07, 6.45) is 6.63. The van der Waals surface area contributed by atoms with Crippen molar-refractivity contribution in [1.29, 1.82) is 0 Å². The Morgan fingerprint density at radius 2 is 2.39 bits per heavy atom. The Bertz CT molecular complexity index is 531. The largest absolute Gasteiger partial charge is 0.360 e. The van der Waals surface area contributed by atoms with Crippen molar-refractivity contribution >= 4 is 11.0 Å². The summed E-state index contributed by atoms with van der Waals surface area (Å²) in [5.41, 5.74) is 2.29. The minimum atomic E-state index is 0.605. The Labute approximate surface area is 107 Å². The molecule has 96 valence electrons. The quantitative estimate of drug-likeness (QED) is 0.847. The van der Waals surface area contributed by atoms with Crippen molar-refractivity contribution < 1.29 is 4.74 Å². The predicted octanol–water partition coefficient (Wildman–Crippen LogP) is 2.14. The molecular weight excluding hydrogens is 226 g/mol. The van der Waals surface area contributed by atoms with Gasteiger partial charge in [0.2, 0.25) is 0 Å². The number of rotatable bonds is 6. The molecule has 0 amide bonds. The maximum absolute atomic E-state index is 5.75. The number of hydrogen-bond donors (Lipinski definition) is 1. The molecule has 1 aliphatic rings. The summed E-state index contributed by atoms with van der Waals surface area (Å²) < 4.78 is 7.85. The number of nitrogens with one attached hydrogen (secondary N) is 1. The predicted molar refractivity (Wildman–Crippen MR) is 71.2 cm³/mol. The molecule has 0 spiro atoms. The van der Waals surface area contributed by atoms with Crippen molar-refractivity contribution in [3.63, 3.8) is 0 Å². The second-order valence-corrected chi connectivity index (χ2v) is 4.97. The highest BCUT2D eigenvalue weighted by atomic mass is 16.5. The molecule has 0 aromatic carbocycles. The summed E-state index contributed by atoms with van der Waals surface area (Å²) in [7, 11) is 1.96. The van der Waals surface area contributed by atoms with Crippen molar-refractivity contribution in [2.24, 2.45) is 5.92 Å². The molecule has 0 radical (unpaired) electrons. The van der Waals surface area contributed by atoms with Crippen molar-refractivity contribution in [3.8, 4) is 0 Å². The fraction of sp³-hybridized carbons (Fsp3) is 0.500. The summed E-state index contributed by atoms with van der Waals surface area (Å²) in [6.45, 7) is 2.35. The van der Waals surface area contributed by atoms with Gasteiger partial charge < -0.3 is 14.6 Å². The Morgan fingerprint density at radius 1 is 1.50 bits per heavy atom. The molecule has 1 aliphatic carbocycles. The van der Waals surface area contributed by atoms with E-state index in [1.807, 2.05) is 19.3 Å². The average molecular weight is 245 g/mol. The van der Waals surface area contributed by atoms with Gasteiger partial charge in [0, 0.05) is 24.3 Å². The summed E-state index contributed by atoms with van der Waals surface area (Å²) >= 11 is 0. The molecule has 1 saturated carbocycles. The number of pyridine rings is 1. The van der Waals surface area contributed by atoms with Crippen LogP contribution in [0.2, 0.25) is 0 Å². The number of aromatic nitrogens is 2. The molecule has 4 nitrogen and oxygen atoms in total. The molecule has 2 heterocycles. The highest BCUT2D eigenvalue weighted by molar-refractivity contribution is 5.80.